The number of rotatable bonds is 4. The van der Waals surface area contributed by atoms with Crippen LogP contribution in [0.4, 0.5) is 0 Å². The van der Waals surface area contributed by atoms with E-state index in [1.807, 2.05) is 18.2 Å². The number of morpholine rings is 1. The average Bonchev–Trinajstić information content (AvgIpc) is 2.56. The second kappa shape index (κ2) is 7.40. The van der Waals surface area contributed by atoms with Crippen molar-refractivity contribution in [1.29, 1.82) is 0 Å². The summed E-state index contributed by atoms with van der Waals surface area (Å²) in [5, 5.41) is 3.34. The predicted molar refractivity (Wildman–Crippen MR) is 95.4 cm³/mol. The van der Waals surface area contributed by atoms with Crippen molar-refractivity contribution in [1.82, 2.24) is 10.2 Å². The molecule has 0 saturated carbocycles. The minimum Gasteiger partial charge on any atom is -0.493 e. The van der Waals surface area contributed by atoms with E-state index >= 15 is 0 Å². The smallest absolute Gasteiger partial charge is 0.189 e. The zero-order chi connectivity index (χ0) is 17.0. The number of nitrogens with zero attached hydrogens (tertiary/aromatic N) is 2. The van der Waals surface area contributed by atoms with Crippen LogP contribution in [0.3, 0.4) is 0 Å². The molecule has 1 fully saturated rings. The largest absolute Gasteiger partial charge is 0.493 e. The minimum atomic E-state index is 0.0651. The van der Waals surface area contributed by atoms with Gasteiger partial charge in [-0.15, -0.1) is 0 Å². The van der Waals surface area contributed by atoms with E-state index in [2.05, 4.69) is 35.1 Å². The van der Waals surface area contributed by atoms with Crippen molar-refractivity contribution in [3.8, 4) is 5.75 Å². The molecule has 0 aromatic heterocycles. The molecule has 0 aliphatic carbocycles. The minimum absolute atomic E-state index is 0.0651. The van der Waals surface area contributed by atoms with Gasteiger partial charge in [0.2, 0.25) is 0 Å². The van der Waals surface area contributed by atoms with Gasteiger partial charge in [0.15, 0.2) is 5.96 Å². The fourth-order valence-corrected chi connectivity index (χ4v) is 3.31. The van der Waals surface area contributed by atoms with Crippen LogP contribution in [0.15, 0.2) is 29.3 Å². The Morgan fingerprint density at radius 1 is 1.38 bits per heavy atom. The van der Waals surface area contributed by atoms with E-state index in [9.17, 15) is 0 Å². The third-order valence-electron chi connectivity index (χ3n) is 4.75. The maximum absolute atomic E-state index is 6.10. The molecule has 6 nitrogen and oxygen atoms in total. The normalized spacial score (nSPS) is 24.1. The summed E-state index contributed by atoms with van der Waals surface area (Å²) in [5.74, 6) is 1.44. The van der Waals surface area contributed by atoms with Gasteiger partial charge in [0.1, 0.15) is 5.75 Å². The Bertz CT molecular complexity index is 588. The summed E-state index contributed by atoms with van der Waals surface area (Å²) in [7, 11) is 0. The van der Waals surface area contributed by atoms with Gasteiger partial charge in [0.05, 0.1) is 32.4 Å². The Hall–Kier alpha value is -1.79. The number of hydrogen-bond acceptors (Lipinski definition) is 4. The Morgan fingerprint density at radius 3 is 3.04 bits per heavy atom. The fraction of sp³-hybridized carbons (Fsp3) is 0.611. The molecule has 3 N–H and O–H groups in total. The maximum atomic E-state index is 6.10. The van der Waals surface area contributed by atoms with Crippen molar-refractivity contribution in [3.05, 3.63) is 29.8 Å². The summed E-state index contributed by atoms with van der Waals surface area (Å²) in [6, 6.07) is 8.25. The summed E-state index contributed by atoms with van der Waals surface area (Å²) >= 11 is 0. The first-order chi connectivity index (χ1) is 11.6. The molecule has 1 atom stereocenters. The molecule has 0 bridgehead atoms. The molecule has 6 heteroatoms. The third kappa shape index (κ3) is 3.99. The molecule has 0 amide bonds. The highest BCUT2D eigenvalue weighted by atomic mass is 16.5. The Balaban J connectivity index is 1.54. The lowest BCUT2D eigenvalue weighted by atomic mass is 10.0. The quantitative estimate of drug-likeness (QED) is 0.646. The van der Waals surface area contributed by atoms with Crippen LogP contribution in [0.25, 0.3) is 0 Å². The Morgan fingerprint density at radius 2 is 2.21 bits per heavy atom. The lowest BCUT2D eigenvalue weighted by molar-refractivity contribution is -0.0491. The number of guanidine groups is 1. The first kappa shape index (κ1) is 17.0. The number of para-hydroxylation sites is 1. The average molecular weight is 332 g/mol. The Kier molecular flexibility index (Phi) is 5.26. The monoisotopic (exact) mass is 332 g/mol. The predicted octanol–water partition coefficient (Wildman–Crippen LogP) is 1.53. The van der Waals surface area contributed by atoms with Gasteiger partial charge in [-0.2, -0.15) is 0 Å². The first-order valence-corrected chi connectivity index (χ1v) is 8.67. The van der Waals surface area contributed by atoms with Gasteiger partial charge in [-0.1, -0.05) is 18.2 Å². The van der Waals surface area contributed by atoms with Gasteiger partial charge in [-0.05, 0) is 19.9 Å². The van der Waals surface area contributed by atoms with E-state index in [0.717, 1.165) is 44.0 Å². The molecule has 24 heavy (non-hydrogen) atoms. The summed E-state index contributed by atoms with van der Waals surface area (Å²) in [5.41, 5.74) is 7.31. The highest BCUT2D eigenvalue weighted by Crippen LogP contribution is 2.31. The van der Waals surface area contributed by atoms with E-state index in [4.69, 9.17) is 15.2 Å². The summed E-state index contributed by atoms with van der Waals surface area (Å²) < 4.78 is 11.2. The number of fused-ring (bicyclic) bond motifs is 1. The molecule has 1 saturated heterocycles. The summed E-state index contributed by atoms with van der Waals surface area (Å²) in [4.78, 5) is 6.92. The van der Waals surface area contributed by atoms with Crippen molar-refractivity contribution in [2.24, 2.45) is 10.7 Å². The number of hydrogen-bond donors (Lipinski definition) is 2. The number of nitrogens with one attached hydrogen (secondary N) is 1. The van der Waals surface area contributed by atoms with Gasteiger partial charge in [0.25, 0.3) is 0 Å². The molecule has 132 valence electrons. The van der Waals surface area contributed by atoms with Crippen LogP contribution in [0.5, 0.6) is 5.75 Å². The van der Waals surface area contributed by atoms with Crippen molar-refractivity contribution in [2.45, 2.75) is 31.8 Å². The van der Waals surface area contributed by atoms with Gasteiger partial charge < -0.3 is 20.5 Å². The third-order valence-corrected chi connectivity index (χ3v) is 4.75. The van der Waals surface area contributed by atoms with Crippen LogP contribution in [-0.4, -0.2) is 55.9 Å². The lowest BCUT2D eigenvalue weighted by Crippen LogP contribution is -2.53. The van der Waals surface area contributed by atoms with E-state index in [0.29, 0.717) is 19.1 Å². The highest BCUT2D eigenvalue weighted by molar-refractivity contribution is 5.78. The van der Waals surface area contributed by atoms with E-state index in [-0.39, 0.29) is 11.6 Å². The number of ether oxygens (including phenoxy) is 2. The molecule has 1 aromatic carbocycles. The SMILES string of the molecule is CC1(C)COCCN1CCN=C(N)NC1CCOc2ccccc21. The second-order valence-electron chi connectivity index (χ2n) is 6.99. The van der Waals surface area contributed by atoms with Gasteiger partial charge >= 0.3 is 0 Å². The molecule has 1 unspecified atom stereocenters. The molecular formula is C18H28N4O2. The Labute approximate surface area is 144 Å². The summed E-state index contributed by atoms with van der Waals surface area (Å²) in [6.07, 6.45) is 0.893. The molecule has 0 spiro atoms. The van der Waals surface area contributed by atoms with Crippen LogP contribution in [0.1, 0.15) is 31.9 Å². The number of benzene rings is 1. The first-order valence-electron chi connectivity index (χ1n) is 8.67. The summed E-state index contributed by atoms with van der Waals surface area (Å²) in [6.45, 7) is 9.19. The zero-order valence-corrected chi connectivity index (χ0v) is 14.6. The second-order valence-corrected chi connectivity index (χ2v) is 6.99. The lowest BCUT2D eigenvalue weighted by Gasteiger charge is -2.41. The zero-order valence-electron chi connectivity index (χ0n) is 14.6. The molecule has 3 rings (SSSR count). The van der Waals surface area contributed by atoms with E-state index in [1.165, 1.54) is 0 Å². The van der Waals surface area contributed by atoms with E-state index in [1.54, 1.807) is 0 Å². The number of nitrogens with two attached hydrogens (primary N) is 1. The van der Waals surface area contributed by atoms with Gasteiger partial charge in [0, 0.05) is 30.6 Å². The number of aliphatic imine (C=N–C) groups is 1. The van der Waals surface area contributed by atoms with Crippen LogP contribution in [0.2, 0.25) is 0 Å². The van der Waals surface area contributed by atoms with Crippen LogP contribution < -0.4 is 15.8 Å². The standard InChI is InChI=1S/C18H28N4O2/c1-18(2)13-23-12-10-22(18)9-8-20-17(19)21-15-7-11-24-16-6-4-3-5-14(15)16/h3-6,15H,7-13H2,1-2H3,(H3,19,20,21). The van der Waals surface area contributed by atoms with Gasteiger partial charge in [-0.3, -0.25) is 9.89 Å². The molecular weight excluding hydrogens is 304 g/mol. The van der Waals surface area contributed by atoms with Gasteiger partial charge in [-0.25, -0.2) is 0 Å². The van der Waals surface area contributed by atoms with Crippen molar-refractivity contribution >= 4 is 5.96 Å². The van der Waals surface area contributed by atoms with Crippen LogP contribution in [-0.2, 0) is 4.74 Å². The van der Waals surface area contributed by atoms with Crippen LogP contribution in [0, 0.1) is 0 Å². The maximum Gasteiger partial charge on any atom is 0.189 e. The van der Waals surface area contributed by atoms with Crippen molar-refractivity contribution in [2.75, 3.05) is 39.5 Å². The molecule has 0 radical (unpaired) electrons. The molecule has 2 heterocycles. The van der Waals surface area contributed by atoms with E-state index < -0.39 is 0 Å². The molecule has 2 aliphatic rings. The molecule has 1 aromatic rings. The fourth-order valence-electron chi connectivity index (χ4n) is 3.31. The highest BCUT2D eigenvalue weighted by Gasteiger charge is 2.29. The molecule has 2 aliphatic heterocycles. The topological polar surface area (TPSA) is 72.1 Å². The van der Waals surface area contributed by atoms with Crippen molar-refractivity contribution in [3.63, 3.8) is 0 Å². The van der Waals surface area contributed by atoms with Crippen LogP contribution >= 0.6 is 0 Å². The van der Waals surface area contributed by atoms with Crippen molar-refractivity contribution < 1.29 is 9.47 Å².